The Bertz CT molecular complexity index is 726. The molecule has 0 saturated heterocycles. The maximum absolute atomic E-state index is 12.0. The van der Waals surface area contributed by atoms with Gasteiger partial charge in [0, 0.05) is 6.08 Å². The molecule has 1 N–H and O–H groups in total. The smallest absolute Gasteiger partial charge is 0.250 e. The second-order valence-corrected chi connectivity index (χ2v) is 6.61. The van der Waals surface area contributed by atoms with Gasteiger partial charge < -0.3 is 9.47 Å². The van der Waals surface area contributed by atoms with Gasteiger partial charge in [0.05, 0.1) is 24.1 Å². The van der Waals surface area contributed by atoms with Gasteiger partial charge in [0.1, 0.15) is 0 Å². The summed E-state index contributed by atoms with van der Waals surface area (Å²) < 4.78 is 11.5. The summed E-state index contributed by atoms with van der Waals surface area (Å²) in [6.07, 6.45) is 5.17. The van der Waals surface area contributed by atoms with Gasteiger partial charge in [0.25, 0.3) is 0 Å². The minimum Gasteiger partial charge on any atom is -0.493 e. The maximum Gasteiger partial charge on any atom is 0.250 e. The van der Waals surface area contributed by atoms with E-state index < -0.39 is 0 Å². The van der Waals surface area contributed by atoms with Gasteiger partial charge in [-0.2, -0.15) is 0 Å². The number of nitrogens with zero attached hydrogens (tertiary/aromatic N) is 1. The summed E-state index contributed by atoms with van der Waals surface area (Å²) in [6.45, 7) is 1.93. The summed E-state index contributed by atoms with van der Waals surface area (Å²) in [4.78, 5) is 16.3. The number of carbonyl (C=O) groups excluding carboxylic acids is 1. The van der Waals surface area contributed by atoms with E-state index in [1.54, 1.807) is 38.1 Å². The lowest BCUT2D eigenvalue weighted by Crippen LogP contribution is -2.07. The number of methoxy groups -OCH3 is 2. The van der Waals surface area contributed by atoms with E-state index in [0.717, 1.165) is 15.5 Å². The number of amides is 1. The molecule has 1 heterocycles. The Kier molecular flexibility index (Phi) is 6.06. The zero-order valence-corrected chi connectivity index (χ0v) is 15.0. The molecule has 0 unspecified atom stereocenters. The van der Waals surface area contributed by atoms with Crippen LogP contribution in [0.5, 0.6) is 11.5 Å². The number of aryl methyl sites for hydroxylation is 1. The molecule has 1 aromatic heterocycles. The highest BCUT2D eigenvalue weighted by Crippen LogP contribution is 2.30. The normalized spacial score (nSPS) is 10.8. The van der Waals surface area contributed by atoms with E-state index in [-0.39, 0.29) is 5.91 Å². The lowest BCUT2D eigenvalue weighted by molar-refractivity contribution is -0.111. The third-order valence-electron chi connectivity index (χ3n) is 3.00. The van der Waals surface area contributed by atoms with Crippen molar-refractivity contribution >= 4 is 40.2 Å². The monoisotopic (exact) mass is 350 g/mol. The summed E-state index contributed by atoms with van der Waals surface area (Å²) in [7, 11) is 3.16. The van der Waals surface area contributed by atoms with Crippen LogP contribution < -0.4 is 14.8 Å². The van der Waals surface area contributed by atoms with E-state index in [9.17, 15) is 4.79 Å². The summed E-state index contributed by atoms with van der Waals surface area (Å²) in [5, 5.41) is 3.38. The molecule has 2 rings (SSSR count). The molecule has 23 heavy (non-hydrogen) atoms. The molecule has 5 nitrogen and oxygen atoms in total. The standard InChI is InChI=1S/C16H18N2O3S2/c1-10-15(22-4)23-16(17-10)18-14(19)8-6-11-5-7-12(20-2)13(9-11)21-3/h5-9H,1-4H3,(H,17,18,19)/b8-6+. The van der Waals surface area contributed by atoms with Crippen LogP contribution in [0.1, 0.15) is 11.3 Å². The molecule has 0 atom stereocenters. The van der Waals surface area contributed by atoms with Crippen molar-refractivity contribution in [2.24, 2.45) is 0 Å². The number of thioether (sulfide) groups is 1. The molecule has 0 spiro atoms. The van der Waals surface area contributed by atoms with Crippen LogP contribution in [0.4, 0.5) is 5.13 Å². The van der Waals surface area contributed by atoms with Crippen molar-refractivity contribution in [3.05, 3.63) is 35.5 Å². The van der Waals surface area contributed by atoms with Crippen LogP contribution in [0, 0.1) is 6.92 Å². The van der Waals surface area contributed by atoms with Gasteiger partial charge in [0.2, 0.25) is 5.91 Å². The van der Waals surface area contributed by atoms with Crippen molar-refractivity contribution in [2.45, 2.75) is 11.1 Å². The van der Waals surface area contributed by atoms with Gasteiger partial charge in [-0.05, 0) is 37.0 Å². The van der Waals surface area contributed by atoms with E-state index in [2.05, 4.69) is 10.3 Å². The molecule has 0 aliphatic rings. The fourth-order valence-electron chi connectivity index (χ4n) is 1.90. The molecule has 0 saturated carbocycles. The van der Waals surface area contributed by atoms with Crippen LogP contribution in [0.2, 0.25) is 0 Å². The number of rotatable bonds is 6. The summed E-state index contributed by atoms with van der Waals surface area (Å²) in [5.41, 5.74) is 1.78. The topological polar surface area (TPSA) is 60.5 Å². The van der Waals surface area contributed by atoms with Gasteiger partial charge >= 0.3 is 0 Å². The van der Waals surface area contributed by atoms with Crippen molar-refractivity contribution in [1.82, 2.24) is 4.98 Å². The largest absolute Gasteiger partial charge is 0.493 e. The van der Waals surface area contributed by atoms with Crippen LogP contribution in [0.25, 0.3) is 6.08 Å². The zero-order chi connectivity index (χ0) is 16.8. The Hall–Kier alpha value is -1.99. The maximum atomic E-state index is 12.0. The third-order valence-corrected chi connectivity index (χ3v) is 5.29. The number of ether oxygens (including phenoxy) is 2. The number of anilines is 1. The Morgan fingerprint density at radius 3 is 2.65 bits per heavy atom. The van der Waals surface area contributed by atoms with Gasteiger partial charge in [-0.15, -0.1) is 11.8 Å². The van der Waals surface area contributed by atoms with E-state index in [4.69, 9.17) is 9.47 Å². The van der Waals surface area contributed by atoms with Crippen LogP contribution in [-0.2, 0) is 4.79 Å². The van der Waals surface area contributed by atoms with Crippen molar-refractivity contribution < 1.29 is 14.3 Å². The minimum absolute atomic E-state index is 0.221. The van der Waals surface area contributed by atoms with Gasteiger partial charge in [-0.25, -0.2) is 4.98 Å². The SMILES string of the molecule is COc1ccc(/C=C/C(=O)Nc2nc(C)c(SC)s2)cc1OC. The second-order valence-electron chi connectivity index (χ2n) is 4.53. The third kappa shape index (κ3) is 4.49. The molecule has 0 aliphatic heterocycles. The molecular formula is C16H18N2O3S2. The summed E-state index contributed by atoms with van der Waals surface area (Å²) in [6, 6.07) is 5.46. The first-order valence-electron chi connectivity index (χ1n) is 6.80. The number of hydrogen-bond acceptors (Lipinski definition) is 6. The van der Waals surface area contributed by atoms with Crippen molar-refractivity contribution in [3.63, 3.8) is 0 Å². The quantitative estimate of drug-likeness (QED) is 0.633. The first-order chi connectivity index (χ1) is 11.1. The highest BCUT2D eigenvalue weighted by atomic mass is 32.2. The minimum atomic E-state index is -0.221. The molecule has 0 bridgehead atoms. The molecule has 2 aromatic rings. The zero-order valence-electron chi connectivity index (χ0n) is 13.4. The Morgan fingerprint density at radius 1 is 1.30 bits per heavy atom. The van der Waals surface area contributed by atoms with Gasteiger partial charge in [-0.3, -0.25) is 10.1 Å². The lowest BCUT2D eigenvalue weighted by atomic mass is 10.2. The van der Waals surface area contributed by atoms with Gasteiger partial charge in [0.15, 0.2) is 16.6 Å². The first-order valence-corrected chi connectivity index (χ1v) is 8.84. The van der Waals surface area contributed by atoms with Crippen LogP contribution in [0.3, 0.4) is 0 Å². The lowest BCUT2D eigenvalue weighted by Gasteiger charge is -2.07. The fraction of sp³-hybridized carbons (Fsp3) is 0.250. The summed E-state index contributed by atoms with van der Waals surface area (Å²) in [5.74, 6) is 1.05. The molecule has 7 heteroatoms. The molecule has 122 valence electrons. The fourth-order valence-corrected chi connectivity index (χ4v) is 3.52. The average Bonchev–Trinajstić information content (AvgIpc) is 2.91. The number of carbonyl (C=O) groups is 1. The molecular weight excluding hydrogens is 332 g/mol. The summed E-state index contributed by atoms with van der Waals surface area (Å²) >= 11 is 3.09. The molecule has 0 radical (unpaired) electrons. The molecule has 0 aliphatic carbocycles. The Morgan fingerprint density at radius 2 is 2.04 bits per heavy atom. The molecule has 0 fully saturated rings. The van der Waals surface area contributed by atoms with E-state index in [0.29, 0.717) is 16.6 Å². The number of hydrogen-bond donors (Lipinski definition) is 1. The number of benzene rings is 1. The molecule has 1 aromatic carbocycles. The van der Waals surface area contributed by atoms with E-state index in [1.807, 2.05) is 25.3 Å². The first kappa shape index (κ1) is 17.4. The predicted octanol–water partition coefficient (Wildman–Crippen LogP) is 3.84. The number of nitrogens with one attached hydrogen (secondary N) is 1. The van der Waals surface area contributed by atoms with Gasteiger partial charge in [-0.1, -0.05) is 17.4 Å². The van der Waals surface area contributed by atoms with Crippen molar-refractivity contribution in [2.75, 3.05) is 25.8 Å². The van der Waals surface area contributed by atoms with Crippen LogP contribution in [0.15, 0.2) is 28.5 Å². The highest BCUT2D eigenvalue weighted by Gasteiger charge is 2.08. The predicted molar refractivity (Wildman–Crippen MR) is 95.8 cm³/mol. The number of thiazole rings is 1. The van der Waals surface area contributed by atoms with Crippen LogP contribution in [-0.4, -0.2) is 31.4 Å². The van der Waals surface area contributed by atoms with E-state index >= 15 is 0 Å². The van der Waals surface area contributed by atoms with Crippen LogP contribution >= 0.6 is 23.1 Å². The Balaban J connectivity index is 2.05. The number of aromatic nitrogens is 1. The van der Waals surface area contributed by atoms with Crippen molar-refractivity contribution in [3.8, 4) is 11.5 Å². The Labute approximate surface area is 143 Å². The average molecular weight is 350 g/mol. The van der Waals surface area contributed by atoms with Crippen molar-refractivity contribution in [1.29, 1.82) is 0 Å². The second kappa shape index (κ2) is 8.03. The highest BCUT2D eigenvalue weighted by molar-refractivity contribution is 8.00. The van der Waals surface area contributed by atoms with E-state index in [1.165, 1.54) is 17.4 Å². The molecule has 1 amide bonds.